The van der Waals surface area contributed by atoms with Gasteiger partial charge in [0, 0.05) is 12.1 Å². The van der Waals surface area contributed by atoms with Crippen LogP contribution in [0, 0.1) is 0 Å². The Morgan fingerprint density at radius 2 is 1.83 bits per heavy atom. The lowest BCUT2D eigenvalue weighted by Gasteiger charge is -2.31. The Balaban J connectivity index is 1.81. The third-order valence-electron chi connectivity index (χ3n) is 4.18. The first-order valence-electron chi connectivity index (χ1n) is 7.25. The maximum Gasteiger partial charge on any atom is 0.0584 e. The van der Waals surface area contributed by atoms with Crippen LogP contribution >= 0.6 is 0 Å². The zero-order valence-corrected chi connectivity index (χ0v) is 11.3. The molecule has 100 valence electrons. The van der Waals surface area contributed by atoms with Crippen LogP contribution in [-0.4, -0.2) is 23.8 Å². The first-order valence-corrected chi connectivity index (χ1v) is 7.25. The highest BCUT2D eigenvalue weighted by Crippen LogP contribution is 2.32. The Labute approximate surface area is 110 Å². The summed E-state index contributed by atoms with van der Waals surface area (Å²) in [6, 6.07) is 11.7. The van der Waals surface area contributed by atoms with Crippen LogP contribution in [0.5, 0.6) is 0 Å². The van der Waals surface area contributed by atoms with Crippen molar-refractivity contribution in [2.75, 3.05) is 6.61 Å². The van der Waals surface area contributed by atoms with E-state index in [2.05, 4.69) is 42.6 Å². The first-order chi connectivity index (χ1) is 8.83. The van der Waals surface area contributed by atoms with E-state index in [0.29, 0.717) is 6.04 Å². The Bertz CT molecular complexity index is 326. The lowest BCUT2D eigenvalue weighted by atomic mass is 9.81. The second-order valence-corrected chi connectivity index (χ2v) is 5.41. The molecule has 1 aliphatic rings. The lowest BCUT2D eigenvalue weighted by Crippen LogP contribution is -2.41. The topological polar surface area (TPSA) is 32.3 Å². The van der Waals surface area contributed by atoms with Crippen molar-refractivity contribution in [3.63, 3.8) is 0 Å². The molecule has 1 atom stereocenters. The van der Waals surface area contributed by atoms with Crippen LogP contribution in [0.3, 0.4) is 0 Å². The van der Waals surface area contributed by atoms with Gasteiger partial charge < -0.3 is 10.4 Å². The van der Waals surface area contributed by atoms with Crippen molar-refractivity contribution in [2.24, 2.45) is 0 Å². The van der Waals surface area contributed by atoms with Gasteiger partial charge in [0.1, 0.15) is 0 Å². The highest BCUT2D eigenvalue weighted by molar-refractivity contribution is 5.20. The third-order valence-corrected chi connectivity index (χ3v) is 4.18. The predicted octanol–water partition coefficient (Wildman–Crippen LogP) is 3.07. The van der Waals surface area contributed by atoms with E-state index in [1.165, 1.54) is 31.2 Å². The van der Waals surface area contributed by atoms with Crippen LogP contribution in [-0.2, 0) is 0 Å². The maximum atomic E-state index is 9.22. The summed E-state index contributed by atoms with van der Waals surface area (Å²) in [4.78, 5) is 0. The molecule has 0 bridgehead atoms. The molecule has 1 unspecified atom stereocenters. The Hall–Kier alpha value is -0.860. The van der Waals surface area contributed by atoms with Gasteiger partial charge >= 0.3 is 0 Å². The highest BCUT2D eigenvalue weighted by Gasteiger charge is 2.23. The van der Waals surface area contributed by atoms with Crippen molar-refractivity contribution in [1.82, 2.24) is 5.32 Å². The molecule has 2 nitrogen and oxygen atoms in total. The van der Waals surface area contributed by atoms with E-state index in [-0.39, 0.29) is 12.6 Å². The van der Waals surface area contributed by atoms with E-state index in [4.69, 9.17) is 0 Å². The van der Waals surface area contributed by atoms with Gasteiger partial charge in [-0.3, -0.25) is 0 Å². The minimum Gasteiger partial charge on any atom is -0.395 e. The molecule has 1 aromatic rings. The van der Waals surface area contributed by atoms with Crippen LogP contribution in [0.25, 0.3) is 0 Å². The fraction of sp³-hybridized carbons (Fsp3) is 0.625. The van der Waals surface area contributed by atoms with E-state index >= 15 is 0 Å². The summed E-state index contributed by atoms with van der Waals surface area (Å²) < 4.78 is 0. The number of hydrogen-bond donors (Lipinski definition) is 2. The zero-order valence-electron chi connectivity index (χ0n) is 11.3. The Morgan fingerprint density at radius 3 is 2.39 bits per heavy atom. The number of aliphatic hydroxyl groups excluding tert-OH is 1. The van der Waals surface area contributed by atoms with Crippen LogP contribution in [0.4, 0.5) is 0 Å². The summed E-state index contributed by atoms with van der Waals surface area (Å²) in [7, 11) is 0. The van der Waals surface area contributed by atoms with Crippen LogP contribution in [0.2, 0.25) is 0 Å². The average molecular weight is 247 g/mol. The van der Waals surface area contributed by atoms with Crippen LogP contribution in [0.15, 0.2) is 30.3 Å². The van der Waals surface area contributed by atoms with Crippen molar-refractivity contribution in [2.45, 2.75) is 57.0 Å². The lowest BCUT2D eigenvalue weighted by molar-refractivity contribution is 0.212. The summed E-state index contributed by atoms with van der Waals surface area (Å²) in [5.74, 6) is 0.735. The summed E-state index contributed by atoms with van der Waals surface area (Å²) in [6.07, 6.45) is 6.01. The molecule has 0 radical (unpaired) electrons. The smallest absolute Gasteiger partial charge is 0.0584 e. The molecule has 0 heterocycles. The maximum absolute atomic E-state index is 9.22. The largest absolute Gasteiger partial charge is 0.395 e. The zero-order chi connectivity index (χ0) is 12.8. The van der Waals surface area contributed by atoms with E-state index < -0.39 is 0 Å². The molecular formula is C16H25NO. The van der Waals surface area contributed by atoms with Crippen LogP contribution in [0.1, 0.15) is 50.5 Å². The molecule has 18 heavy (non-hydrogen) atoms. The molecule has 0 saturated heterocycles. The number of hydrogen-bond acceptors (Lipinski definition) is 2. The van der Waals surface area contributed by atoms with E-state index in [1.54, 1.807) is 0 Å². The molecule has 2 rings (SSSR count). The van der Waals surface area contributed by atoms with Gasteiger partial charge in [-0.25, -0.2) is 0 Å². The molecule has 2 N–H and O–H groups in total. The van der Waals surface area contributed by atoms with Gasteiger partial charge in [-0.1, -0.05) is 37.3 Å². The predicted molar refractivity (Wildman–Crippen MR) is 75.7 cm³/mol. The normalized spacial score (nSPS) is 25.9. The van der Waals surface area contributed by atoms with Gasteiger partial charge in [0.2, 0.25) is 0 Å². The van der Waals surface area contributed by atoms with Crippen molar-refractivity contribution >= 4 is 0 Å². The van der Waals surface area contributed by atoms with Gasteiger partial charge in [0.15, 0.2) is 0 Å². The summed E-state index contributed by atoms with van der Waals surface area (Å²) in [5.41, 5.74) is 1.49. The second-order valence-electron chi connectivity index (χ2n) is 5.41. The molecule has 0 amide bonds. The Morgan fingerprint density at radius 1 is 1.17 bits per heavy atom. The van der Waals surface area contributed by atoms with Crippen molar-refractivity contribution in [3.8, 4) is 0 Å². The fourth-order valence-electron chi connectivity index (χ4n) is 2.95. The molecule has 1 aliphatic carbocycles. The second kappa shape index (κ2) is 6.91. The molecule has 0 aromatic heterocycles. The monoisotopic (exact) mass is 247 g/mol. The summed E-state index contributed by atoms with van der Waals surface area (Å²) in [5, 5.41) is 12.8. The number of aliphatic hydroxyl groups is 1. The fourth-order valence-corrected chi connectivity index (χ4v) is 2.95. The molecule has 2 heteroatoms. The Kier molecular flexibility index (Phi) is 5.21. The SMILES string of the molecule is CCC(CO)NC1CCC(c2ccccc2)CC1. The van der Waals surface area contributed by atoms with Gasteiger partial charge in [-0.05, 0) is 43.6 Å². The molecular weight excluding hydrogens is 222 g/mol. The van der Waals surface area contributed by atoms with Crippen LogP contribution < -0.4 is 5.32 Å². The molecule has 1 aromatic carbocycles. The standard InChI is InChI=1S/C16H25NO/c1-2-15(12-18)17-16-10-8-14(9-11-16)13-6-4-3-5-7-13/h3-7,14-18H,2,8-12H2,1H3. The van der Waals surface area contributed by atoms with E-state index in [0.717, 1.165) is 12.3 Å². The first kappa shape index (κ1) is 13.6. The van der Waals surface area contributed by atoms with Gasteiger partial charge in [0.05, 0.1) is 6.61 Å². The summed E-state index contributed by atoms with van der Waals surface area (Å²) in [6.45, 7) is 2.39. The van der Waals surface area contributed by atoms with E-state index in [1.807, 2.05) is 0 Å². The number of benzene rings is 1. The molecule has 0 aliphatic heterocycles. The average Bonchev–Trinajstić information content (AvgIpc) is 2.46. The van der Waals surface area contributed by atoms with Gasteiger partial charge in [-0.15, -0.1) is 0 Å². The third kappa shape index (κ3) is 3.56. The summed E-state index contributed by atoms with van der Waals surface area (Å²) >= 11 is 0. The van der Waals surface area contributed by atoms with Crippen molar-refractivity contribution in [1.29, 1.82) is 0 Å². The van der Waals surface area contributed by atoms with Crippen molar-refractivity contribution < 1.29 is 5.11 Å². The number of rotatable bonds is 5. The number of nitrogens with one attached hydrogen (secondary N) is 1. The van der Waals surface area contributed by atoms with Gasteiger partial charge in [-0.2, -0.15) is 0 Å². The van der Waals surface area contributed by atoms with Gasteiger partial charge in [0.25, 0.3) is 0 Å². The molecule has 1 saturated carbocycles. The quantitative estimate of drug-likeness (QED) is 0.838. The van der Waals surface area contributed by atoms with Crippen molar-refractivity contribution in [3.05, 3.63) is 35.9 Å². The minimum atomic E-state index is 0.259. The molecule has 0 spiro atoms. The highest BCUT2D eigenvalue weighted by atomic mass is 16.3. The minimum absolute atomic E-state index is 0.259. The molecule has 1 fully saturated rings. The van der Waals surface area contributed by atoms with E-state index in [9.17, 15) is 5.11 Å².